The van der Waals surface area contributed by atoms with Crippen LogP contribution in [-0.4, -0.2) is 37.2 Å². The number of ether oxygens (including phenoxy) is 1. The van der Waals surface area contributed by atoms with E-state index in [0.717, 1.165) is 16.7 Å². The number of aliphatic imine (C=N–C) groups is 1. The molecule has 0 aliphatic heterocycles. The largest absolute Gasteiger partial charge is 0.489 e. The number of benzene rings is 1. The average molecular weight is 404 g/mol. The molecule has 1 aromatic carbocycles. The standard InChI is InChI=1S/C17H20F4N4OS/c1-11(26-13-5-3-4-12(18)8-13)9-24-16(22-2)23-7-6-15-25-14(10-27-15)17(19,20)21/h3-5,8,10-11H,6-7,9H2,1-2H3,(H2,22,23,24). The summed E-state index contributed by atoms with van der Waals surface area (Å²) in [5.41, 5.74) is -0.867. The number of hydrogen-bond acceptors (Lipinski definition) is 4. The molecule has 0 fully saturated rings. The second-order valence-electron chi connectivity index (χ2n) is 5.64. The SMILES string of the molecule is CN=C(NCCc1nc(C(F)(F)F)cs1)NCC(C)Oc1cccc(F)c1. The van der Waals surface area contributed by atoms with Gasteiger partial charge in [0.05, 0.1) is 11.6 Å². The molecule has 1 unspecified atom stereocenters. The van der Waals surface area contributed by atoms with Crippen molar-refractivity contribution in [2.45, 2.75) is 25.6 Å². The van der Waals surface area contributed by atoms with Crippen molar-refractivity contribution >= 4 is 17.3 Å². The lowest BCUT2D eigenvalue weighted by Gasteiger charge is -2.17. The van der Waals surface area contributed by atoms with E-state index in [1.165, 1.54) is 12.1 Å². The van der Waals surface area contributed by atoms with Gasteiger partial charge < -0.3 is 15.4 Å². The van der Waals surface area contributed by atoms with Crippen molar-refractivity contribution in [3.63, 3.8) is 0 Å². The third-order valence-corrected chi connectivity index (χ3v) is 4.30. The van der Waals surface area contributed by atoms with Crippen LogP contribution in [0.2, 0.25) is 0 Å². The first-order valence-corrected chi connectivity index (χ1v) is 9.04. The van der Waals surface area contributed by atoms with E-state index in [9.17, 15) is 17.6 Å². The fourth-order valence-electron chi connectivity index (χ4n) is 2.12. The molecule has 0 saturated carbocycles. The van der Waals surface area contributed by atoms with Crippen LogP contribution in [0, 0.1) is 5.82 Å². The quantitative estimate of drug-likeness (QED) is 0.422. The molecule has 27 heavy (non-hydrogen) atoms. The molecule has 10 heteroatoms. The number of hydrogen-bond donors (Lipinski definition) is 2. The van der Waals surface area contributed by atoms with Crippen LogP contribution in [0.3, 0.4) is 0 Å². The smallest absolute Gasteiger partial charge is 0.434 e. The van der Waals surface area contributed by atoms with Crippen LogP contribution in [0.25, 0.3) is 0 Å². The maximum absolute atomic E-state index is 13.1. The van der Waals surface area contributed by atoms with E-state index in [-0.39, 0.29) is 11.9 Å². The Morgan fingerprint density at radius 1 is 1.33 bits per heavy atom. The molecule has 1 aromatic heterocycles. The number of guanidine groups is 1. The molecule has 0 aliphatic carbocycles. The molecule has 0 radical (unpaired) electrons. The predicted octanol–water partition coefficient (Wildman–Crippen LogP) is 3.48. The molecule has 0 amide bonds. The van der Waals surface area contributed by atoms with Gasteiger partial charge in [0.2, 0.25) is 0 Å². The molecular formula is C17H20F4N4OS. The summed E-state index contributed by atoms with van der Waals surface area (Å²) in [6, 6.07) is 5.86. The minimum Gasteiger partial charge on any atom is -0.489 e. The van der Waals surface area contributed by atoms with Crippen molar-refractivity contribution in [2.24, 2.45) is 4.99 Å². The Hall–Kier alpha value is -2.36. The van der Waals surface area contributed by atoms with Gasteiger partial charge in [0.25, 0.3) is 0 Å². The summed E-state index contributed by atoms with van der Waals surface area (Å²) in [5, 5.41) is 7.45. The molecule has 148 valence electrons. The number of alkyl halides is 3. The molecule has 0 bridgehead atoms. The molecule has 0 saturated heterocycles. The number of thiazole rings is 1. The Morgan fingerprint density at radius 2 is 2.11 bits per heavy atom. The predicted molar refractivity (Wildman–Crippen MR) is 96.7 cm³/mol. The lowest BCUT2D eigenvalue weighted by molar-refractivity contribution is -0.140. The lowest BCUT2D eigenvalue weighted by atomic mass is 10.3. The molecule has 2 aromatic rings. The molecule has 5 nitrogen and oxygen atoms in total. The first-order valence-electron chi connectivity index (χ1n) is 8.16. The van der Waals surface area contributed by atoms with Crippen LogP contribution >= 0.6 is 11.3 Å². The maximum Gasteiger partial charge on any atom is 0.434 e. The van der Waals surface area contributed by atoms with Gasteiger partial charge in [-0.05, 0) is 19.1 Å². The summed E-state index contributed by atoms with van der Waals surface area (Å²) in [5.74, 6) is 0.537. The highest BCUT2D eigenvalue weighted by Crippen LogP contribution is 2.29. The summed E-state index contributed by atoms with van der Waals surface area (Å²) in [6.45, 7) is 2.61. The monoisotopic (exact) mass is 404 g/mol. The van der Waals surface area contributed by atoms with E-state index in [0.29, 0.717) is 36.2 Å². The van der Waals surface area contributed by atoms with Crippen molar-refractivity contribution in [3.05, 3.63) is 46.2 Å². The van der Waals surface area contributed by atoms with Crippen LogP contribution in [0.15, 0.2) is 34.6 Å². The van der Waals surface area contributed by atoms with E-state index in [4.69, 9.17) is 4.74 Å². The fraction of sp³-hybridized carbons (Fsp3) is 0.412. The van der Waals surface area contributed by atoms with Crippen LogP contribution in [0.5, 0.6) is 5.75 Å². The van der Waals surface area contributed by atoms with Gasteiger partial charge in [-0.1, -0.05) is 6.07 Å². The molecule has 0 spiro atoms. The van der Waals surface area contributed by atoms with Crippen molar-refractivity contribution in [2.75, 3.05) is 20.1 Å². The van der Waals surface area contributed by atoms with Gasteiger partial charge >= 0.3 is 6.18 Å². The van der Waals surface area contributed by atoms with Gasteiger partial charge in [-0.3, -0.25) is 4.99 Å². The van der Waals surface area contributed by atoms with E-state index in [1.807, 2.05) is 6.92 Å². The van der Waals surface area contributed by atoms with Gasteiger partial charge in [-0.2, -0.15) is 13.2 Å². The van der Waals surface area contributed by atoms with Gasteiger partial charge in [-0.15, -0.1) is 11.3 Å². The topological polar surface area (TPSA) is 58.5 Å². The van der Waals surface area contributed by atoms with Crippen LogP contribution in [0.4, 0.5) is 17.6 Å². The minimum absolute atomic E-state index is 0.251. The van der Waals surface area contributed by atoms with Crippen LogP contribution in [-0.2, 0) is 12.6 Å². The highest BCUT2D eigenvalue weighted by atomic mass is 32.1. The minimum atomic E-state index is -4.42. The molecule has 0 aliphatic rings. The van der Waals surface area contributed by atoms with Crippen LogP contribution in [0.1, 0.15) is 17.6 Å². The number of rotatable bonds is 7. The first-order chi connectivity index (χ1) is 12.8. The Labute approximate surface area is 158 Å². The Morgan fingerprint density at radius 3 is 2.74 bits per heavy atom. The molecule has 1 atom stereocenters. The summed E-state index contributed by atoms with van der Waals surface area (Å²) in [6.07, 6.45) is -4.33. The highest BCUT2D eigenvalue weighted by molar-refractivity contribution is 7.09. The summed E-state index contributed by atoms with van der Waals surface area (Å²) >= 11 is 0.974. The number of nitrogens with zero attached hydrogens (tertiary/aromatic N) is 2. The van der Waals surface area contributed by atoms with Crippen molar-refractivity contribution < 1.29 is 22.3 Å². The Balaban J connectivity index is 1.73. The van der Waals surface area contributed by atoms with Gasteiger partial charge in [0, 0.05) is 31.5 Å². The van der Waals surface area contributed by atoms with Gasteiger partial charge in [0.1, 0.15) is 17.7 Å². The van der Waals surface area contributed by atoms with Crippen LogP contribution < -0.4 is 15.4 Å². The van der Waals surface area contributed by atoms with E-state index in [1.54, 1.807) is 19.2 Å². The fourth-order valence-corrected chi connectivity index (χ4v) is 2.92. The number of halogens is 4. The third kappa shape index (κ3) is 7.05. The highest BCUT2D eigenvalue weighted by Gasteiger charge is 2.33. The normalized spacial score (nSPS) is 13.3. The van der Waals surface area contributed by atoms with Crippen molar-refractivity contribution in [1.29, 1.82) is 0 Å². The van der Waals surface area contributed by atoms with E-state index in [2.05, 4.69) is 20.6 Å². The molecule has 2 N–H and O–H groups in total. The number of nitrogens with one attached hydrogen (secondary N) is 2. The molecule has 2 rings (SSSR count). The van der Waals surface area contributed by atoms with E-state index >= 15 is 0 Å². The Bertz CT molecular complexity index is 763. The third-order valence-electron chi connectivity index (χ3n) is 3.39. The number of aromatic nitrogens is 1. The summed E-state index contributed by atoms with van der Waals surface area (Å²) < 4.78 is 56.3. The summed E-state index contributed by atoms with van der Waals surface area (Å²) in [7, 11) is 1.58. The Kier molecular flexibility index (Phi) is 7.40. The summed E-state index contributed by atoms with van der Waals surface area (Å²) in [4.78, 5) is 7.61. The zero-order chi connectivity index (χ0) is 19.9. The lowest BCUT2D eigenvalue weighted by Crippen LogP contribution is -2.42. The zero-order valence-corrected chi connectivity index (χ0v) is 15.6. The second-order valence-corrected chi connectivity index (χ2v) is 6.58. The molecular weight excluding hydrogens is 384 g/mol. The second kappa shape index (κ2) is 9.54. The van der Waals surface area contributed by atoms with Gasteiger partial charge in [-0.25, -0.2) is 9.37 Å². The molecule has 1 heterocycles. The average Bonchev–Trinajstić information content (AvgIpc) is 3.07. The zero-order valence-electron chi connectivity index (χ0n) is 14.8. The van der Waals surface area contributed by atoms with Gasteiger partial charge in [0.15, 0.2) is 11.7 Å². The van der Waals surface area contributed by atoms with Crippen molar-refractivity contribution in [1.82, 2.24) is 15.6 Å². The van der Waals surface area contributed by atoms with E-state index < -0.39 is 11.9 Å². The van der Waals surface area contributed by atoms with Crippen molar-refractivity contribution in [3.8, 4) is 5.75 Å². The maximum atomic E-state index is 13.1. The first kappa shape index (κ1) is 20.9.